The maximum atomic E-state index is 5.60. The topological polar surface area (TPSA) is 18.5 Å². The molecule has 0 spiro atoms. The Labute approximate surface area is 188 Å². The first kappa shape index (κ1) is 18.7. The molecule has 4 aromatic carbocycles. The smallest absolute Gasteiger partial charge is 0.119 e. The lowest BCUT2D eigenvalue weighted by Gasteiger charge is -2.13. The first-order valence-electron chi connectivity index (χ1n) is 10.8. The molecule has 0 heterocycles. The fraction of sp³-hybridized carbons (Fsp3) is 0.0667. The van der Waals surface area contributed by atoms with Crippen molar-refractivity contribution in [1.29, 1.82) is 0 Å². The number of allylic oxidation sites excluding steroid dienone is 2. The third-order valence-corrected chi connectivity index (χ3v) is 6.41. The summed E-state index contributed by atoms with van der Waals surface area (Å²) in [6, 6.07) is 34.2. The summed E-state index contributed by atoms with van der Waals surface area (Å²) in [5, 5.41) is 0. The minimum absolute atomic E-state index is 0.870. The Bertz CT molecular complexity index is 1300. The summed E-state index contributed by atoms with van der Waals surface area (Å²) < 4.78 is 11.2. The number of hydrogen-bond donors (Lipinski definition) is 0. The van der Waals surface area contributed by atoms with E-state index in [-0.39, 0.29) is 0 Å². The van der Waals surface area contributed by atoms with Gasteiger partial charge in [-0.25, -0.2) is 0 Å². The minimum Gasteiger partial charge on any atom is -0.497 e. The first-order chi connectivity index (χ1) is 15.8. The van der Waals surface area contributed by atoms with Crippen molar-refractivity contribution in [2.24, 2.45) is 0 Å². The summed E-state index contributed by atoms with van der Waals surface area (Å²) in [6.45, 7) is 0. The van der Waals surface area contributed by atoms with Crippen molar-refractivity contribution >= 4 is 22.3 Å². The monoisotopic (exact) mass is 414 g/mol. The maximum absolute atomic E-state index is 5.60. The zero-order chi connectivity index (χ0) is 21.7. The Morgan fingerprint density at radius 2 is 0.812 bits per heavy atom. The van der Waals surface area contributed by atoms with Crippen molar-refractivity contribution in [2.45, 2.75) is 0 Å². The van der Waals surface area contributed by atoms with Crippen LogP contribution < -0.4 is 9.47 Å². The number of fused-ring (bicyclic) bond motifs is 5. The van der Waals surface area contributed by atoms with E-state index in [9.17, 15) is 0 Å². The lowest BCUT2D eigenvalue weighted by Crippen LogP contribution is -1.94. The summed E-state index contributed by atoms with van der Waals surface area (Å²) in [5.74, 6) is 1.74. The highest BCUT2D eigenvalue weighted by molar-refractivity contribution is 6.35. The third kappa shape index (κ3) is 2.66. The van der Waals surface area contributed by atoms with Crippen molar-refractivity contribution < 1.29 is 9.47 Å². The predicted molar refractivity (Wildman–Crippen MR) is 131 cm³/mol. The Kier molecular flexibility index (Phi) is 4.26. The second-order valence-electron chi connectivity index (χ2n) is 8.06. The molecule has 4 aromatic rings. The average Bonchev–Trinajstić information content (AvgIpc) is 3.36. The molecule has 2 heteroatoms. The molecule has 2 aliphatic carbocycles. The molecule has 2 nitrogen and oxygen atoms in total. The number of methoxy groups -OCH3 is 2. The van der Waals surface area contributed by atoms with Crippen LogP contribution in [0.4, 0.5) is 0 Å². The van der Waals surface area contributed by atoms with Crippen LogP contribution in [0.25, 0.3) is 22.3 Å². The van der Waals surface area contributed by atoms with Crippen LogP contribution in [-0.4, -0.2) is 14.2 Å². The minimum atomic E-state index is 0.870. The van der Waals surface area contributed by atoms with Crippen molar-refractivity contribution in [3.63, 3.8) is 0 Å². The van der Waals surface area contributed by atoms with Crippen LogP contribution in [0, 0.1) is 0 Å². The number of hydrogen-bond acceptors (Lipinski definition) is 2. The highest BCUT2D eigenvalue weighted by Gasteiger charge is 2.37. The quantitative estimate of drug-likeness (QED) is 0.360. The summed E-state index contributed by atoms with van der Waals surface area (Å²) in [4.78, 5) is 0. The van der Waals surface area contributed by atoms with E-state index in [1.807, 2.05) is 0 Å². The Morgan fingerprint density at radius 3 is 1.19 bits per heavy atom. The van der Waals surface area contributed by atoms with Gasteiger partial charge in [-0.15, -0.1) is 0 Å². The van der Waals surface area contributed by atoms with Gasteiger partial charge in [0.15, 0.2) is 0 Å². The molecule has 0 aliphatic heterocycles. The van der Waals surface area contributed by atoms with E-state index in [1.54, 1.807) is 14.2 Å². The molecule has 0 saturated heterocycles. The second kappa shape index (κ2) is 7.28. The van der Waals surface area contributed by atoms with E-state index in [2.05, 4.69) is 97.1 Å². The van der Waals surface area contributed by atoms with Crippen molar-refractivity contribution in [3.8, 4) is 11.5 Å². The Morgan fingerprint density at radius 1 is 0.406 bits per heavy atom. The van der Waals surface area contributed by atoms with Crippen LogP contribution in [-0.2, 0) is 0 Å². The lowest BCUT2D eigenvalue weighted by molar-refractivity contribution is 0.414. The molecule has 0 radical (unpaired) electrons. The van der Waals surface area contributed by atoms with Gasteiger partial charge < -0.3 is 9.47 Å². The number of benzene rings is 4. The fourth-order valence-corrected chi connectivity index (χ4v) is 5.02. The van der Waals surface area contributed by atoms with E-state index in [0.29, 0.717) is 0 Å². The highest BCUT2D eigenvalue weighted by atomic mass is 16.5. The molecule has 2 aliphatic rings. The van der Waals surface area contributed by atoms with Gasteiger partial charge in [-0.3, -0.25) is 0 Å². The molecule has 0 atom stereocenters. The molecule has 0 aromatic heterocycles. The molecule has 0 saturated carbocycles. The van der Waals surface area contributed by atoms with Gasteiger partial charge in [-0.2, -0.15) is 0 Å². The molecule has 6 rings (SSSR count). The Balaban J connectivity index is 1.77. The van der Waals surface area contributed by atoms with E-state index in [4.69, 9.17) is 9.47 Å². The van der Waals surface area contributed by atoms with E-state index in [0.717, 1.165) is 11.5 Å². The van der Waals surface area contributed by atoms with E-state index < -0.39 is 0 Å². The van der Waals surface area contributed by atoms with Gasteiger partial charge in [0.1, 0.15) is 11.5 Å². The molecular formula is C30H22O2. The van der Waals surface area contributed by atoms with Gasteiger partial charge in [0, 0.05) is 0 Å². The van der Waals surface area contributed by atoms with Gasteiger partial charge in [-0.05, 0) is 79.9 Å². The summed E-state index contributed by atoms with van der Waals surface area (Å²) in [6.07, 6.45) is 0. The van der Waals surface area contributed by atoms with Crippen LogP contribution in [0.5, 0.6) is 11.5 Å². The number of rotatable bonds is 4. The van der Waals surface area contributed by atoms with Gasteiger partial charge in [0.25, 0.3) is 0 Å². The lowest BCUT2D eigenvalue weighted by atomic mass is 9.92. The molecule has 0 unspecified atom stereocenters. The summed E-state index contributed by atoms with van der Waals surface area (Å²) in [5.41, 5.74) is 12.4. The molecular weight excluding hydrogens is 392 g/mol. The van der Waals surface area contributed by atoms with Gasteiger partial charge in [-0.1, -0.05) is 72.8 Å². The van der Waals surface area contributed by atoms with Crippen LogP contribution >= 0.6 is 0 Å². The largest absolute Gasteiger partial charge is 0.497 e. The molecule has 0 N–H and O–H groups in total. The molecule has 32 heavy (non-hydrogen) atoms. The molecule has 0 fully saturated rings. The number of ether oxygens (including phenoxy) is 2. The first-order valence-corrected chi connectivity index (χ1v) is 10.8. The van der Waals surface area contributed by atoms with Crippen LogP contribution in [0.15, 0.2) is 97.1 Å². The van der Waals surface area contributed by atoms with Gasteiger partial charge >= 0.3 is 0 Å². The molecule has 0 amide bonds. The molecule has 0 bridgehead atoms. The SMILES string of the molecule is COc1ccc2c(c1)C(c1ccccc1)=C1C2=C(c2ccccc2)c2cc(OC)ccc21. The van der Waals surface area contributed by atoms with Crippen molar-refractivity contribution in [3.05, 3.63) is 130 Å². The van der Waals surface area contributed by atoms with Crippen LogP contribution in [0.1, 0.15) is 33.4 Å². The fourth-order valence-electron chi connectivity index (χ4n) is 5.02. The van der Waals surface area contributed by atoms with Crippen LogP contribution in [0.3, 0.4) is 0 Å². The normalized spacial score (nSPS) is 13.7. The maximum Gasteiger partial charge on any atom is 0.119 e. The second-order valence-corrected chi connectivity index (χ2v) is 8.06. The van der Waals surface area contributed by atoms with Crippen molar-refractivity contribution in [1.82, 2.24) is 0 Å². The summed E-state index contributed by atoms with van der Waals surface area (Å²) >= 11 is 0. The Hall–Kier alpha value is -4.04. The highest BCUT2D eigenvalue weighted by Crippen LogP contribution is 2.59. The van der Waals surface area contributed by atoms with E-state index >= 15 is 0 Å². The van der Waals surface area contributed by atoms with Gasteiger partial charge in [0.2, 0.25) is 0 Å². The third-order valence-electron chi connectivity index (χ3n) is 6.41. The van der Waals surface area contributed by atoms with E-state index in [1.165, 1.54) is 55.7 Å². The zero-order valence-electron chi connectivity index (χ0n) is 18.1. The van der Waals surface area contributed by atoms with Gasteiger partial charge in [0.05, 0.1) is 14.2 Å². The zero-order valence-corrected chi connectivity index (χ0v) is 18.1. The average molecular weight is 415 g/mol. The molecule has 154 valence electrons. The standard InChI is InChI=1S/C30H22O2/c1-31-21-13-15-23-25(17-21)27(19-9-5-3-6-10-19)30-24-16-14-22(32-2)18-26(24)28(29(23)30)20-11-7-4-8-12-20/h3-18H,1-2H3. The summed E-state index contributed by atoms with van der Waals surface area (Å²) in [7, 11) is 3.45. The van der Waals surface area contributed by atoms with Crippen LogP contribution in [0.2, 0.25) is 0 Å². The predicted octanol–water partition coefficient (Wildman–Crippen LogP) is 6.95. The van der Waals surface area contributed by atoms with Crippen molar-refractivity contribution in [2.75, 3.05) is 14.2 Å².